The van der Waals surface area contributed by atoms with E-state index in [-0.39, 0.29) is 0 Å². The molecule has 1 atom stereocenters. The summed E-state index contributed by atoms with van der Waals surface area (Å²) in [5.74, 6) is 0.641. The maximum atomic E-state index is 4.81. The predicted molar refractivity (Wildman–Crippen MR) is 66.8 cm³/mol. The molecular formula is C12H16N2S. The zero-order valence-electron chi connectivity index (χ0n) is 8.73. The molecule has 0 bridgehead atoms. The first-order chi connectivity index (χ1) is 7.40. The lowest BCUT2D eigenvalue weighted by atomic mass is 9.91. The van der Waals surface area contributed by atoms with Crippen molar-refractivity contribution in [2.24, 2.45) is 0 Å². The Morgan fingerprint density at radius 2 is 2.13 bits per heavy atom. The van der Waals surface area contributed by atoms with Crippen LogP contribution in [0.4, 0.5) is 0 Å². The average Bonchev–Trinajstić information content (AvgIpc) is 2.31. The molecule has 1 aromatic rings. The number of nitrogens with one attached hydrogen (secondary N) is 1. The van der Waals surface area contributed by atoms with Crippen molar-refractivity contribution in [1.82, 2.24) is 10.4 Å². The third-order valence-electron chi connectivity index (χ3n) is 2.93. The summed E-state index contributed by atoms with van der Waals surface area (Å²) >= 11 is 4.81. The molecule has 0 aromatic heterocycles. The first-order valence-corrected chi connectivity index (χ1v) is 5.87. The highest BCUT2D eigenvalue weighted by Gasteiger charge is 2.20. The third-order valence-corrected chi connectivity index (χ3v) is 3.03. The Morgan fingerprint density at radius 3 is 2.87 bits per heavy atom. The van der Waals surface area contributed by atoms with Crippen molar-refractivity contribution in [2.75, 3.05) is 13.1 Å². The van der Waals surface area contributed by atoms with Crippen molar-refractivity contribution in [3.63, 3.8) is 0 Å². The Labute approximate surface area is 96.3 Å². The maximum Gasteiger partial charge on any atom is 0.0759 e. The number of thiocarbonyl (C=S) groups is 1. The van der Waals surface area contributed by atoms with Gasteiger partial charge in [-0.25, -0.2) is 5.01 Å². The summed E-state index contributed by atoms with van der Waals surface area (Å²) in [6, 6.07) is 10.7. The van der Waals surface area contributed by atoms with Crippen molar-refractivity contribution in [1.29, 1.82) is 0 Å². The van der Waals surface area contributed by atoms with E-state index in [1.54, 1.807) is 5.49 Å². The van der Waals surface area contributed by atoms with E-state index in [2.05, 4.69) is 40.8 Å². The molecule has 0 aliphatic carbocycles. The molecule has 1 N–H and O–H groups in total. The fraction of sp³-hybridized carbons (Fsp3) is 0.417. The average molecular weight is 220 g/mol. The molecule has 80 valence electrons. The van der Waals surface area contributed by atoms with E-state index >= 15 is 0 Å². The van der Waals surface area contributed by atoms with Crippen LogP contribution in [0, 0.1) is 0 Å². The molecule has 1 aromatic carbocycles. The van der Waals surface area contributed by atoms with Crippen molar-refractivity contribution >= 4 is 17.7 Å². The first kappa shape index (κ1) is 10.6. The van der Waals surface area contributed by atoms with Crippen LogP contribution < -0.4 is 5.43 Å². The highest BCUT2D eigenvalue weighted by molar-refractivity contribution is 7.78. The molecule has 0 amide bonds. The first-order valence-electron chi connectivity index (χ1n) is 5.40. The summed E-state index contributed by atoms with van der Waals surface area (Å²) in [5, 5.41) is 2.20. The van der Waals surface area contributed by atoms with Gasteiger partial charge in [0.1, 0.15) is 0 Å². The third kappa shape index (κ3) is 2.76. The van der Waals surface area contributed by atoms with Gasteiger partial charge in [-0.2, -0.15) is 0 Å². The fourth-order valence-corrected chi connectivity index (χ4v) is 2.32. The number of rotatable bonds is 3. The Bertz CT molecular complexity index is 313. The quantitative estimate of drug-likeness (QED) is 0.787. The van der Waals surface area contributed by atoms with Crippen molar-refractivity contribution in [3.05, 3.63) is 35.9 Å². The molecule has 1 unspecified atom stereocenters. The minimum atomic E-state index is 0.641. The summed E-state index contributed by atoms with van der Waals surface area (Å²) in [5.41, 5.74) is 6.14. The second-order valence-electron chi connectivity index (χ2n) is 3.94. The van der Waals surface area contributed by atoms with Crippen LogP contribution in [0.1, 0.15) is 24.3 Å². The van der Waals surface area contributed by atoms with Gasteiger partial charge in [0.2, 0.25) is 0 Å². The van der Waals surface area contributed by atoms with Gasteiger partial charge in [-0.05, 0) is 24.3 Å². The number of hydrazine groups is 1. The molecule has 3 heteroatoms. The van der Waals surface area contributed by atoms with E-state index in [0.717, 1.165) is 13.1 Å². The van der Waals surface area contributed by atoms with E-state index in [0.29, 0.717) is 5.92 Å². The summed E-state index contributed by atoms with van der Waals surface area (Å²) in [6.07, 6.45) is 2.51. The van der Waals surface area contributed by atoms with Crippen molar-refractivity contribution in [2.45, 2.75) is 18.8 Å². The SMILES string of the molecule is S=CNN1CCCC(c2ccccc2)C1. The summed E-state index contributed by atoms with van der Waals surface area (Å²) in [7, 11) is 0. The van der Waals surface area contributed by atoms with E-state index < -0.39 is 0 Å². The van der Waals surface area contributed by atoms with Crippen LogP contribution in [0.25, 0.3) is 0 Å². The summed E-state index contributed by atoms with van der Waals surface area (Å²) in [4.78, 5) is 0. The van der Waals surface area contributed by atoms with Crippen LogP contribution in [0.2, 0.25) is 0 Å². The number of nitrogens with zero attached hydrogens (tertiary/aromatic N) is 1. The number of hydrogen-bond acceptors (Lipinski definition) is 2. The molecule has 1 fully saturated rings. The lowest BCUT2D eigenvalue weighted by Crippen LogP contribution is -2.43. The van der Waals surface area contributed by atoms with Gasteiger partial charge in [0, 0.05) is 13.1 Å². The summed E-state index contributed by atoms with van der Waals surface area (Å²) < 4.78 is 0. The zero-order chi connectivity index (χ0) is 10.5. The molecule has 2 rings (SSSR count). The second-order valence-corrected chi connectivity index (χ2v) is 4.18. The Balaban J connectivity index is 2.01. The van der Waals surface area contributed by atoms with Gasteiger partial charge in [0.05, 0.1) is 5.49 Å². The predicted octanol–water partition coefficient (Wildman–Crippen LogP) is 2.33. The largest absolute Gasteiger partial charge is 0.315 e. The molecule has 1 saturated heterocycles. The Hall–Kier alpha value is -0.930. The van der Waals surface area contributed by atoms with Crippen LogP contribution in [-0.4, -0.2) is 23.6 Å². The van der Waals surface area contributed by atoms with Gasteiger partial charge < -0.3 is 5.43 Å². The molecule has 0 saturated carbocycles. The van der Waals surface area contributed by atoms with Crippen LogP contribution >= 0.6 is 12.2 Å². The standard InChI is InChI=1S/C12H16N2S/c15-10-13-14-8-4-7-12(9-14)11-5-2-1-3-6-11/h1-3,5-6,10,12H,4,7-9H2,(H,13,15). The highest BCUT2D eigenvalue weighted by Crippen LogP contribution is 2.25. The number of benzene rings is 1. The maximum absolute atomic E-state index is 4.81. The molecule has 15 heavy (non-hydrogen) atoms. The monoisotopic (exact) mass is 220 g/mol. The van der Waals surface area contributed by atoms with E-state index in [4.69, 9.17) is 12.2 Å². The van der Waals surface area contributed by atoms with Gasteiger partial charge in [0.25, 0.3) is 0 Å². The van der Waals surface area contributed by atoms with E-state index in [1.807, 2.05) is 0 Å². The zero-order valence-corrected chi connectivity index (χ0v) is 9.54. The van der Waals surface area contributed by atoms with Gasteiger partial charge >= 0.3 is 0 Å². The highest BCUT2D eigenvalue weighted by atomic mass is 32.1. The lowest BCUT2D eigenvalue weighted by Gasteiger charge is -2.32. The van der Waals surface area contributed by atoms with Crippen LogP contribution in [0.5, 0.6) is 0 Å². The number of hydrogen-bond donors (Lipinski definition) is 1. The molecule has 2 nitrogen and oxygen atoms in total. The van der Waals surface area contributed by atoms with Gasteiger partial charge in [0.15, 0.2) is 0 Å². The minimum Gasteiger partial charge on any atom is -0.315 e. The topological polar surface area (TPSA) is 15.3 Å². The van der Waals surface area contributed by atoms with Gasteiger partial charge in [-0.1, -0.05) is 42.5 Å². The molecule has 0 spiro atoms. The van der Waals surface area contributed by atoms with Gasteiger partial charge in [-0.15, -0.1) is 0 Å². The van der Waals surface area contributed by atoms with Crippen LogP contribution in [-0.2, 0) is 0 Å². The van der Waals surface area contributed by atoms with E-state index in [1.165, 1.54) is 18.4 Å². The second kappa shape index (κ2) is 5.24. The Morgan fingerprint density at radius 1 is 1.33 bits per heavy atom. The summed E-state index contributed by atoms with van der Waals surface area (Å²) in [6.45, 7) is 2.15. The molecule has 1 heterocycles. The van der Waals surface area contributed by atoms with Crippen LogP contribution in [0.15, 0.2) is 30.3 Å². The molecular weight excluding hydrogens is 204 g/mol. The van der Waals surface area contributed by atoms with E-state index in [9.17, 15) is 0 Å². The van der Waals surface area contributed by atoms with Crippen LogP contribution in [0.3, 0.4) is 0 Å². The molecule has 1 aliphatic heterocycles. The molecule has 1 aliphatic rings. The van der Waals surface area contributed by atoms with Crippen molar-refractivity contribution in [3.8, 4) is 0 Å². The lowest BCUT2D eigenvalue weighted by molar-refractivity contribution is 0.179. The minimum absolute atomic E-state index is 0.641. The Kier molecular flexibility index (Phi) is 3.69. The van der Waals surface area contributed by atoms with Gasteiger partial charge in [-0.3, -0.25) is 0 Å². The smallest absolute Gasteiger partial charge is 0.0759 e. The number of piperidine rings is 1. The van der Waals surface area contributed by atoms with Crippen molar-refractivity contribution < 1.29 is 0 Å². The molecule has 0 radical (unpaired) electrons. The fourth-order valence-electron chi connectivity index (χ4n) is 2.17. The normalized spacial score (nSPS) is 22.3.